The number of carbonyl (C=O) groups excluding carboxylic acids is 1. The number of hydrogen-bond acceptors (Lipinski definition) is 5. The zero-order valence-corrected chi connectivity index (χ0v) is 11.1. The van der Waals surface area contributed by atoms with E-state index in [4.69, 9.17) is 0 Å². The van der Waals surface area contributed by atoms with Gasteiger partial charge >= 0.3 is 16.3 Å². The third kappa shape index (κ3) is 5.33. The number of carbonyl (C=O) groups is 1. The van der Waals surface area contributed by atoms with Crippen LogP contribution in [-0.2, 0) is 14.9 Å². The lowest BCUT2D eigenvalue weighted by Crippen LogP contribution is -2.55. The molecule has 0 heterocycles. The van der Waals surface area contributed by atoms with Gasteiger partial charge in [0.25, 0.3) is 0 Å². The maximum atomic E-state index is 11.6. The Morgan fingerprint density at radius 2 is 1.82 bits per heavy atom. The monoisotopic (exact) mass is 268 g/mol. The van der Waals surface area contributed by atoms with Crippen LogP contribution in [0.15, 0.2) is 0 Å². The van der Waals surface area contributed by atoms with E-state index < -0.39 is 21.8 Å². The molecule has 0 aliphatic heterocycles. The molecule has 0 aromatic heterocycles. The summed E-state index contributed by atoms with van der Waals surface area (Å²) in [5.74, 6) is 0. The molecule has 0 radical (unpaired) electrons. The van der Waals surface area contributed by atoms with Crippen LogP contribution in [0.3, 0.4) is 0 Å². The molecule has 102 valence electrons. The van der Waals surface area contributed by atoms with Crippen molar-refractivity contribution in [3.05, 3.63) is 0 Å². The standard InChI is InChI=1S/C9H20N2O5S/c1-4-9(5-2,7-12)11-17(14,15)10-8(13)16-6-3/h11-12H,4-7H2,1-3H3,(H,10,13). The zero-order chi connectivity index (χ0) is 13.5. The predicted octanol–water partition coefficient (Wildman–Crippen LogP) is 0.118. The van der Waals surface area contributed by atoms with Crippen LogP contribution < -0.4 is 9.44 Å². The summed E-state index contributed by atoms with van der Waals surface area (Å²) in [6, 6.07) is 0. The molecule has 0 aliphatic rings. The van der Waals surface area contributed by atoms with Crippen molar-refractivity contribution in [2.45, 2.75) is 39.2 Å². The number of aliphatic hydroxyl groups is 1. The molecule has 0 rings (SSSR count). The average Bonchev–Trinajstić information content (AvgIpc) is 2.25. The Morgan fingerprint density at radius 1 is 1.29 bits per heavy atom. The van der Waals surface area contributed by atoms with Gasteiger partial charge in [-0.2, -0.15) is 13.1 Å². The minimum Gasteiger partial charge on any atom is -0.449 e. The zero-order valence-electron chi connectivity index (χ0n) is 10.3. The van der Waals surface area contributed by atoms with Crippen LogP contribution in [0.1, 0.15) is 33.6 Å². The van der Waals surface area contributed by atoms with Gasteiger partial charge in [0.1, 0.15) is 0 Å². The molecule has 0 aliphatic carbocycles. The smallest absolute Gasteiger partial charge is 0.421 e. The summed E-state index contributed by atoms with van der Waals surface area (Å²) in [5.41, 5.74) is -0.960. The van der Waals surface area contributed by atoms with Gasteiger partial charge < -0.3 is 9.84 Å². The summed E-state index contributed by atoms with van der Waals surface area (Å²) in [4.78, 5) is 11.0. The van der Waals surface area contributed by atoms with Crippen LogP contribution in [0.2, 0.25) is 0 Å². The third-order valence-corrected chi connectivity index (χ3v) is 3.64. The van der Waals surface area contributed by atoms with Gasteiger partial charge in [0.05, 0.1) is 18.8 Å². The summed E-state index contributed by atoms with van der Waals surface area (Å²) >= 11 is 0. The highest BCUT2D eigenvalue weighted by Gasteiger charge is 2.31. The Balaban J connectivity index is 4.68. The molecular formula is C9H20N2O5S. The van der Waals surface area contributed by atoms with Crippen molar-refractivity contribution < 1.29 is 23.1 Å². The molecule has 3 N–H and O–H groups in total. The van der Waals surface area contributed by atoms with Crippen LogP contribution >= 0.6 is 0 Å². The highest BCUT2D eigenvalue weighted by atomic mass is 32.2. The fourth-order valence-electron chi connectivity index (χ4n) is 1.23. The maximum Gasteiger partial charge on any atom is 0.421 e. The summed E-state index contributed by atoms with van der Waals surface area (Å²) in [6.45, 7) is 4.78. The van der Waals surface area contributed by atoms with Gasteiger partial charge in [-0.05, 0) is 19.8 Å². The van der Waals surface area contributed by atoms with E-state index >= 15 is 0 Å². The van der Waals surface area contributed by atoms with Crippen LogP contribution in [0.4, 0.5) is 4.79 Å². The van der Waals surface area contributed by atoms with Gasteiger partial charge in [-0.1, -0.05) is 13.8 Å². The molecule has 8 heteroatoms. The van der Waals surface area contributed by atoms with Crippen molar-refractivity contribution in [3.8, 4) is 0 Å². The van der Waals surface area contributed by atoms with Crippen LogP contribution in [0, 0.1) is 0 Å². The number of aliphatic hydroxyl groups excluding tert-OH is 1. The second-order valence-electron chi connectivity index (χ2n) is 3.57. The molecular weight excluding hydrogens is 248 g/mol. The fourth-order valence-corrected chi connectivity index (χ4v) is 2.48. The topological polar surface area (TPSA) is 105 Å². The van der Waals surface area contributed by atoms with Crippen molar-refractivity contribution in [1.82, 2.24) is 9.44 Å². The molecule has 0 bridgehead atoms. The van der Waals surface area contributed by atoms with Crippen LogP contribution in [0.5, 0.6) is 0 Å². The second-order valence-corrected chi connectivity index (χ2v) is 4.99. The average molecular weight is 268 g/mol. The Morgan fingerprint density at radius 3 is 2.18 bits per heavy atom. The van der Waals surface area contributed by atoms with E-state index in [0.29, 0.717) is 12.8 Å². The molecule has 0 saturated heterocycles. The van der Waals surface area contributed by atoms with Gasteiger partial charge in [-0.25, -0.2) is 9.52 Å². The summed E-state index contributed by atoms with van der Waals surface area (Å²) in [7, 11) is -4.03. The van der Waals surface area contributed by atoms with Crippen molar-refractivity contribution in [3.63, 3.8) is 0 Å². The maximum absolute atomic E-state index is 11.6. The fraction of sp³-hybridized carbons (Fsp3) is 0.889. The first-order valence-corrected chi connectivity index (χ1v) is 6.92. The number of ether oxygens (including phenoxy) is 1. The van der Waals surface area contributed by atoms with Crippen molar-refractivity contribution in [1.29, 1.82) is 0 Å². The van der Waals surface area contributed by atoms with E-state index in [1.807, 2.05) is 0 Å². The van der Waals surface area contributed by atoms with Gasteiger partial charge in [0.2, 0.25) is 0 Å². The van der Waals surface area contributed by atoms with Gasteiger partial charge in [0, 0.05) is 0 Å². The van der Waals surface area contributed by atoms with E-state index in [1.165, 1.54) is 0 Å². The lowest BCUT2D eigenvalue weighted by molar-refractivity contribution is 0.156. The molecule has 0 fully saturated rings. The van der Waals surface area contributed by atoms with Gasteiger partial charge in [-0.15, -0.1) is 0 Å². The first kappa shape index (κ1) is 16.1. The Bertz CT molecular complexity index is 329. The first-order chi connectivity index (χ1) is 7.84. The third-order valence-electron chi connectivity index (χ3n) is 2.50. The van der Waals surface area contributed by atoms with Crippen molar-refractivity contribution in [2.75, 3.05) is 13.2 Å². The molecule has 0 atom stereocenters. The largest absolute Gasteiger partial charge is 0.449 e. The Labute approximate surface area is 102 Å². The molecule has 0 spiro atoms. The SMILES string of the molecule is CCOC(=O)NS(=O)(=O)NC(CC)(CC)CO. The van der Waals surface area contributed by atoms with Gasteiger partial charge in [-0.3, -0.25) is 0 Å². The number of nitrogens with one attached hydrogen (secondary N) is 2. The Kier molecular flexibility index (Phi) is 6.43. The van der Waals surface area contributed by atoms with Crippen LogP contribution in [-0.4, -0.2) is 38.4 Å². The highest BCUT2D eigenvalue weighted by Crippen LogP contribution is 2.14. The summed E-state index contributed by atoms with van der Waals surface area (Å²) in [6.07, 6.45) is -0.230. The summed E-state index contributed by atoms with van der Waals surface area (Å²) < 4.78 is 31.6. The lowest BCUT2D eigenvalue weighted by Gasteiger charge is -2.29. The van der Waals surface area contributed by atoms with E-state index in [9.17, 15) is 18.3 Å². The van der Waals surface area contributed by atoms with Crippen molar-refractivity contribution in [2.24, 2.45) is 0 Å². The summed E-state index contributed by atoms with van der Waals surface area (Å²) in [5, 5.41) is 9.21. The van der Waals surface area contributed by atoms with Gasteiger partial charge in [0.15, 0.2) is 0 Å². The van der Waals surface area contributed by atoms with Crippen LogP contribution in [0.25, 0.3) is 0 Å². The number of amides is 1. The first-order valence-electron chi connectivity index (χ1n) is 5.44. The number of rotatable bonds is 7. The highest BCUT2D eigenvalue weighted by molar-refractivity contribution is 7.88. The minimum atomic E-state index is -4.03. The molecule has 7 nitrogen and oxygen atoms in total. The van der Waals surface area contributed by atoms with E-state index in [-0.39, 0.29) is 13.2 Å². The number of hydrogen-bond donors (Lipinski definition) is 3. The minimum absolute atomic E-state index is 0.0774. The molecule has 0 saturated carbocycles. The molecule has 17 heavy (non-hydrogen) atoms. The molecule has 0 unspecified atom stereocenters. The Hall–Kier alpha value is -0.860. The normalized spacial score (nSPS) is 12.2. The van der Waals surface area contributed by atoms with E-state index in [0.717, 1.165) is 0 Å². The molecule has 1 amide bonds. The van der Waals surface area contributed by atoms with E-state index in [2.05, 4.69) is 9.46 Å². The lowest BCUT2D eigenvalue weighted by atomic mass is 9.96. The quantitative estimate of drug-likeness (QED) is 0.608. The molecule has 0 aromatic carbocycles. The van der Waals surface area contributed by atoms with E-state index in [1.54, 1.807) is 25.5 Å². The second kappa shape index (κ2) is 6.77. The molecule has 0 aromatic rings. The van der Waals surface area contributed by atoms with Crippen molar-refractivity contribution >= 4 is 16.3 Å². The predicted molar refractivity (Wildman–Crippen MR) is 62.6 cm³/mol.